The van der Waals surface area contributed by atoms with E-state index < -0.39 is 12.1 Å². The molecule has 1 fully saturated rings. The summed E-state index contributed by atoms with van der Waals surface area (Å²) >= 11 is 0. The van der Waals surface area contributed by atoms with Gasteiger partial charge in [-0.1, -0.05) is 5.16 Å². The van der Waals surface area contributed by atoms with Gasteiger partial charge in [0.05, 0.1) is 0 Å². The number of nitrogens with zero attached hydrogens (tertiary/aromatic N) is 3. The lowest BCUT2D eigenvalue weighted by Crippen LogP contribution is -2.19. The molecule has 3 rings (SSSR count). The van der Waals surface area contributed by atoms with Crippen molar-refractivity contribution in [2.24, 2.45) is 0 Å². The van der Waals surface area contributed by atoms with Crippen LogP contribution in [0, 0.1) is 0 Å². The second-order valence-electron chi connectivity index (χ2n) is 4.54. The number of halogens is 3. The van der Waals surface area contributed by atoms with Crippen LogP contribution in [0.5, 0.6) is 5.88 Å². The fraction of sp³-hybridized carbons (Fsp3) is 0.417. The lowest BCUT2D eigenvalue weighted by molar-refractivity contribution is -0.159. The maximum atomic E-state index is 12.4. The molecule has 2 aromatic rings. The number of hydrogen-bond acceptors (Lipinski definition) is 6. The molecule has 0 radical (unpaired) electrons. The summed E-state index contributed by atoms with van der Waals surface area (Å²) in [5.74, 6) is -1.13. The highest BCUT2D eigenvalue weighted by Gasteiger charge is 2.38. The van der Waals surface area contributed by atoms with Crippen molar-refractivity contribution in [2.45, 2.75) is 18.7 Å². The van der Waals surface area contributed by atoms with Crippen molar-refractivity contribution < 1.29 is 22.4 Å². The predicted octanol–water partition coefficient (Wildman–Crippen LogP) is 1.89. The quantitative estimate of drug-likeness (QED) is 0.933. The Morgan fingerprint density at radius 1 is 1.33 bits per heavy atom. The highest BCUT2D eigenvalue weighted by atomic mass is 19.4. The summed E-state index contributed by atoms with van der Waals surface area (Å²) in [6.07, 6.45) is -2.35. The van der Waals surface area contributed by atoms with Crippen molar-refractivity contribution in [3.05, 3.63) is 24.2 Å². The summed E-state index contributed by atoms with van der Waals surface area (Å²) in [4.78, 5) is 7.33. The number of nitrogens with one attached hydrogen (secondary N) is 1. The fourth-order valence-corrected chi connectivity index (χ4v) is 1.94. The molecule has 1 aliphatic rings. The average molecular weight is 300 g/mol. The Morgan fingerprint density at radius 3 is 2.76 bits per heavy atom. The van der Waals surface area contributed by atoms with Gasteiger partial charge < -0.3 is 14.6 Å². The summed E-state index contributed by atoms with van der Waals surface area (Å²) in [5.41, 5.74) is 0.325. The van der Waals surface area contributed by atoms with Crippen molar-refractivity contribution in [2.75, 3.05) is 13.1 Å². The van der Waals surface area contributed by atoms with Gasteiger partial charge in [-0.05, 0) is 19.0 Å². The molecule has 0 aliphatic carbocycles. The standard InChI is InChI=1S/C12H11F3N4O2/c13-12(14,15)11-18-10(19-21-11)7-1-2-9(17-5-7)20-8-3-4-16-6-8/h1-2,5,8,16H,3-4,6H2/t8-/m0/s1. The van der Waals surface area contributed by atoms with Gasteiger partial charge in [0.2, 0.25) is 11.7 Å². The summed E-state index contributed by atoms with van der Waals surface area (Å²) < 4.78 is 46.9. The maximum Gasteiger partial charge on any atom is 0.471 e. The Hall–Kier alpha value is -2.16. The molecule has 112 valence electrons. The molecule has 21 heavy (non-hydrogen) atoms. The summed E-state index contributed by atoms with van der Waals surface area (Å²) in [5, 5.41) is 6.44. The second-order valence-corrected chi connectivity index (χ2v) is 4.54. The minimum atomic E-state index is -4.66. The van der Waals surface area contributed by atoms with Gasteiger partial charge in [0.25, 0.3) is 0 Å². The first kappa shape index (κ1) is 13.8. The number of aromatic nitrogens is 3. The highest BCUT2D eigenvalue weighted by molar-refractivity contribution is 5.53. The van der Waals surface area contributed by atoms with E-state index in [4.69, 9.17) is 4.74 Å². The molecule has 1 aliphatic heterocycles. The van der Waals surface area contributed by atoms with E-state index in [1.807, 2.05) is 0 Å². The molecule has 9 heteroatoms. The van der Waals surface area contributed by atoms with Crippen LogP contribution in [0.3, 0.4) is 0 Å². The molecule has 0 spiro atoms. The monoisotopic (exact) mass is 300 g/mol. The minimum Gasteiger partial charge on any atom is -0.473 e. The predicted molar refractivity (Wildman–Crippen MR) is 64.4 cm³/mol. The van der Waals surface area contributed by atoms with E-state index in [0.29, 0.717) is 11.4 Å². The third-order valence-electron chi connectivity index (χ3n) is 2.97. The Labute approximate surface area is 117 Å². The number of hydrogen-bond donors (Lipinski definition) is 1. The molecule has 0 amide bonds. The molecular weight excluding hydrogens is 289 g/mol. The molecular formula is C12H11F3N4O2. The first-order valence-electron chi connectivity index (χ1n) is 6.27. The van der Waals surface area contributed by atoms with E-state index in [2.05, 4.69) is 25.0 Å². The van der Waals surface area contributed by atoms with Crippen LogP contribution < -0.4 is 10.1 Å². The van der Waals surface area contributed by atoms with Gasteiger partial charge in [0.15, 0.2) is 0 Å². The topological polar surface area (TPSA) is 73.1 Å². The van der Waals surface area contributed by atoms with Crippen LogP contribution in [-0.2, 0) is 6.18 Å². The molecule has 1 atom stereocenters. The lowest BCUT2D eigenvalue weighted by atomic mass is 10.2. The second kappa shape index (κ2) is 5.32. The Morgan fingerprint density at radius 2 is 2.19 bits per heavy atom. The molecule has 1 N–H and O–H groups in total. The average Bonchev–Trinajstić information content (AvgIpc) is 3.09. The van der Waals surface area contributed by atoms with E-state index in [9.17, 15) is 13.2 Å². The van der Waals surface area contributed by atoms with E-state index in [1.165, 1.54) is 12.3 Å². The van der Waals surface area contributed by atoms with Gasteiger partial charge in [0, 0.05) is 24.4 Å². The molecule has 6 nitrogen and oxygen atoms in total. The van der Waals surface area contributed by atoms with Crippen molar-refractivity contribution in [1.82, 2.24) is 20.4 Å². The molecule has 0 unspecified atom stereocenters. The third kappa shape index (κ3) is 3.13. The first-order chi connectivity index (χ1) is 10.0. The number of ether oxygens (including phenoxy) is 1. The van der Waals surface area contributed by atoms with E-state index in [1.54, 1.807) is 6.07 Å². The lowest BCUT2D eigenvalue weighted by Gasteiger charge is -2.10. The van der Waals surface area contributed by atoms with Gasteiger partial charge in [-0.25, -0.2) is 4.98 Å². The van der Waals surface area contributed by atoms with Crippen LogP contribution in [0.4, 0.5) is 13.2 Å². The van der Waals surface area contributed by atoms with Gasteiger partial charge in [-0.2, -0.15) is 18.2 Å². The van der Waals surface area contributed by atoms with Crippen LogP contribution in [-0.4, -0.2) is 34.3 Å². The zero-order chi connectivity index (χ0) is 14.9. The summed E-state index contributed by atoms with van der Waals surface area (Å²) in [6.45, 7) is 1.65. The van der Waals surface area contributed by atoms with Crippen molar-refractivity contribution in [3.8, 4) is 17.3 Å². The Balaban J connectivity index is 1.73. The number of rotatable bonds is 3. The molecule has 3 heterocycles. The SMILES string of the molecule is FC(F)(F)c1nc(-c2ccc(O[C@H]3CCNC3)nc2)no1. The van der Waals surface area contributed by atoms with Crippen molar-refractivity contribution in [1.29, 1.82) is 0 Å². The Bertz CT molecular complexity index is 606. The normalized spacial score (nSPS) is 18.9. The van der Waals surface area contributed by atoms with Crippen LogP contribution in [0.25, 0.3) is 11.4 Å². The zero-order valence-corrected chi connectivity index (χ0v) is 10.7. The largest absolute Gasteiger partial charge is 0.473 e. The Kier molecular flexibility index (Phi) is 3.50. The van der Waals surface area contributed by atoms with Crippen molar-refractivity contribution >= 4 is 0 Å². The number of pyridine rings is 1. The van der Waals surface area contributed by atoms with Crippen LogP contribution in [0.1, 0.15) is 12.3 Å². The first-order valence-corrected chi connectivity index (χ1v) is 6.27. The number of alkyl halides is 3. The molecule has 0 saturated carbocycles. The molecule has 0 bridgehead atoms. The smallest absolute Gasteiger partial charge is 0.471 e. The van der Waals surface area contributed by atoms with E-state index in [0.717, 1.165) is 19.5 Å². The van der Waals surface area contributed by atoms with E-state index in [-0.39, 0.29) is 11.9 Å². The molecule has 2 aromatic heterocycles. The zero-order valence-electron chi connectivity index (χ0n) is 10.7. The summed E-state index contributed by atoms with van der Waals surface area (Å²) in [7, 11) is 0. The van der Waals surface area contributed by atoms with E-state index >= 15 is 0 Å². The molecule has 0 aromatic carbocycles. The molecule has 1 saturated heterocycles. The van der Waals surface area contributed by atoms with Gasteiger partial charge in [-0.3, -0.25) is 0 Å². The minimum absolute atomic E-state index is 0.0605. The maximum absolute atomic E-state index is 12.4. The van der Waals surface area contributed by atoms with Gasteiger partial charge in [-0.15, -0.1) is 0 Å². The highest BCUT2D eigenvalue weighted by Crippen LogP contribution is 2.29. The van der Waals surface area contributed by atoms with Crippen LogP contribution >= 0.6 is 0 Å². The van der Waals surface area contributed by atoms with Crippen LogP contribution in [0.15, 0.2) is 22.9 Å². The summed E-state index contributed by atoms with van der Waals surface area (Å²) in [6, 6.07) is 3.10. The third-order valence-corrected chi connectivity index (χ3v) is 2.97. The van der Waals surface area contributed by atoms with Crippen LogP contribution in [0.2, 0.25) is 0 Å². The van der Waals surface area contributed by atoms with Crippen molar-refractivity contribution in [3.63, 3.8) is 0 Å². The fourth-order valence-electron chi connectivity index (χ4n) is 1.94. The van der Waals surface area contributed by atoms with Gasteiger partial charge in [0.1, 0.15) is 6.10 Å². The van der Waals surface area contributed by atoms with Gasteiger partial charge >= 0.3 is 12.1 Å².